The first kappa shape index (κ1) is 15.4. The number of para-hydroxylation sites is 1. The summed E-state index contributed by atoms with van der Waals surface area (Å²) >= 11 is 6.06. The SMILES string of the molecule is CC[C@H](Oc1ccccc1)C(=O)Nc1ccc(C)c(Cl)c1. The molecule has 0 spiro atoms. The quantitative estimate of drug-likeness (QED) is 0.886. The minimum atomic E-state index is -0.535. The van der Waals surface area contributed by atoms with E-state index >= 15 is 0 Å². The van der Waals surface area contributed by atoms with Crippen molar-refractivity contribution in [1.82, 2.24) is 0 Å². The van der Waals surface area contributed by atoms with Gasteiger partial charge in [0.15, 0.2) is 6.10 Å². The number of aryl methyl sites for hydroxylation is 1. The number of hydrogen-bond acceptors (Lipinski definition) is 2. The summed E-state index contributed by atoms with van der Waals surface area (Å²) in [6.45, 7) is 3.83. The van der Waals surface area contributed by atoms with Gasteiger partial charge >= 0.3 is 0 Å². The Morgan fingerprint density at radius 1 is 1.24 bits per heavy atom. The second-order valence-electron chi connectivity index (χ2n) is 4.78. The minimum absolute atomic E-state index is 0.179. The molecule has 0 saturated carbocycles. The van der Waals surface area contributed by atoms with Crippen molar-refractivity contribution in [3.05, 3.63) is 59.1 Å². The molecule has 1 N–H and O–H groups in total. The van der Waals surface area contributed by atoms with Crippen LogP contribution in [0.5, 0.6) is 5.75 Å². The van der Waals surface area contributed by atoms with E-state index in [4.69, 9.17) is 16.3 Å². The number of carbonyl (C=O) groups excluding carboxylic acids is 1. The van der Waals surface area contributed by atoms with Crippen molar-refractivity contribution in [3.8, 4) is 5.75 Å². The van der Waals surface area contributed by atoms with E-state index in [1.165, 1.54) is 0 Å². The Hall–Kier alpha value is -2.00. The van der Waals surface area contributed by atoms with E-state index in [-0.39, 0.29) is 5.91 Å². The van der Waals surface area contributed by atoms with Gasteiger partial charge in [-0.15, -0.1) is 0 Å². The number of hydrogen-bond donors (Lipinski definition) is 1. The number of anilines is 1. The molecule has 0 fully saturated rings. The fourth-order valence-electron chi connectivity index (χ4n) is 1.88. The molecule has 2 rings (SSSR count). The molecular weight excluding hydrogens is 286 g/mol. The minimum Gasteiger partial charge on any atom is -0.481 e. The third kappa shape index (κ3) is 4.23. The van der Waals surface area contributed by atoms with Crippen LogP contribution >= 0.6 is 11.6 Å². The number of ether oxygens (including phenoxy) is 1. The van der Waals surface area contributed by atoms with Crippen molar-refractivity contribution < 1.29 is 9.53 Å². The Balaban J connectivity index is 2.04. The van der Waals surface area contributed by atoms with E-state index in [0.717, 1.165) is 5.56 Å². The second-order valence-corrected chi connectivity index (χ2v) is 5.19. The molecule has 110 valence electrons. The van der Waals surface area contributed by atoms with Gasteiger partial charge in [0.25, 0.3) is 5.91 Å². The highest BCUT2D eigenvalue weighted by atomic mass is 35.5. The molecule has 1 amide bonds. The Morgan fingerprint density at radius 3 is 2.57 bits per heavy atom. The van der Waals surface area contributed by atoms with Crippen LogP contribution in [-0.2, 0) is 4.79 Å². The first-order valence-corrected chi connectivity index (χ1v) is 7.26. The van der Waals surface area contributed by atoms with Gasteiger partial charge in [-0.1, -0.05) is 42.8 Å². The Labute approximate surface area is 129 Å². The highest BCUT2D eigenvalue weighted by Gasteiger charge is 2.18. The van der Waals surface area contributed by atoms with Crippen molar-refractivity contribution >= 4 is 23.2 Å². The van der Waals surface area contributed by atoms with Crippen LogP contribution in [-0.4, -0.2) is 12.0 Å². The second kappa shape index (κ2) is 7.14. The summed E-state index contributed by atoms with van der Waals surface area (Å²) in [6.07, 6.45) is 0.0489. The van der Waals surface area contributed by atoms with Gasteiger partial charge in [0, 0.05) is 10.7 Å². The summed E-state index contributed by atoms with van der Waals surface area (Å²) in [5.41, 5.74) is 1.65. The summed E-state index contributed by atoms with van der Waals surface area (Å²) in [6, 6.07) is 14.8. The van der Waals surface area contributed by atoms with Gasteiger partial charge in [-0.05, 0) is 43.2 Å². The number of carbonyl (C=O) groups is 1. The fraction of sp³-hybridized carbons (Fsp3) is 0.235. The van der Waals surface area contributed by atoms with Gasteiger partial charge in [-0.2, -0.15) is 0 Å². The van der Waals surface area contributed by atoms with Crippen LogP contribution < -0.4 is 10.1 Å². The third-order valence-corrected chi connectivity index (χ3v) is 3.53. The van der Waals surface area contributed by atoms with Gasteiger partial charge in [-0.3, -0.25) is 4.79 Å². The van der Waals surface area contributed by atoms with Crippen molar-refractivity contribution in [2.24, 2.45) is 0 Å². The van der Waals surface area contributed by atoms with Crippen LogP contribution in [0.3, 0.4) is 0 Å². The molecule has 21 heavy (non-hydrogen) atoms. The lowest BCUT2D eigenvalue weighted by molar-refractivity contribution is -0.122. The molecule has 0 heterocycles. The highest BCUT2D eigenvalue weighted by molar-refractivity contribution is 6.31. The standard InChI is InChI=1S/C17H18ClNO2/c1-3-16(21-14-7-5-4-6-8-14)17(20)19-13-10-9-12(2)15(18)11-13/h4-11,16H,3H2,1-2H3,(H,19,20)/t16-/m0/s1. The summed E-state index contributed by atoms with van der Waals surface area (Å²) < 4.78 is 5.71. The van der Waals surface area contributed by atoms with Crippen molar-refractivity contribution in [3.63, 3.8) is 0 Å². The molecule has 2 aromatic rings. The van der Waals surface area contributed by atoms with E-state index in [1.807, 2.05) is 56.3 Å². The number of halogens is 1. The normalized spacial score (nSPS) is 11.8. The Morgan fingerprint density at radius 2 is 1.95 bits per heavy atom. The number of nitrogens with one attached hydrogen (secondary N) is 1. The summed E-state index contributed by atoms with van der Waals surface area (Å²) in [7, 11) is 0. The molecule has 0 bridgehead atoms. The first-order valence-electron chi connectivity index (χ1n) is 6.89. The Kier molecular flexibility index (Phi) is 5.23. The van der Waals surface area contributed by atoms with Gasteiger partial charge in [0.05, 0.1) is 0 Å². The maximum atomic E-state index is 12.3. The smallest absolute Gasteiger partial charge is 0.265 e. The number of rotatable bonds is 5. The Bertz CT molecular complexity index is 613. The zero-order valence-electron chi connectivity index (χ0n) is 12.1. The molecule has 0 aliphatic carbocycles. The van der Waals surface area contributed by atoms with Gasteiger partial charge < -0.3 is 10.1 Å². The van der Waals surface area contributed by atoms with Crippen molar-refractivity contribution in [2.45, 2.75) is 26.4 Å². The van der Waals surface area contributed by atoms with E-state index in [0.29, 0.717) is 22.9 Å². The van der Waals surface area contributed by atoms with Crippen LogP contribution in [0.25, 0.3) is 0 Å². The zero-order valence-corrected chi connectivity index (χ0v) is 12.9. The maximum Gasteiger partial charge on any atom is 0.265 e. The van der Waals surface area contributed by atoms with Crippen LogP contribution in [0.4, 0.5) is 5.69 Å². The lowest BCUT2D eigenvalue weighted by atomic mass is 10.2. The molecule has 0 aliphatic rings. The molecule has 0 saturated heterocycles. The third-order valence-electron chi connectivity index (χ3n) is 3.12. The largest absolute Gasteiger partial charge is 0.481 e. The average Bonchev–Trinajstić information content (AvgIpc) is 2.49. The molecule has 0 radical (unpaired) electrons. The van der Waals surface area contributed by atoms with Crippen LogP contribution in [0.1, 0.15) is 18.9 Å². The molecular formula is C17H18ClNO2. The summed E-state index contributed by atoms with van der Waals surface area (Å²) in [5.74, 6) is 0.503. The van der Waals surface area contributed by atoms with E-state index in [1.54, 1.807) is 6.07 Å². The average molecular weight is 304 g/mol. The van der Waals surface area contributed by atoms with E-state index in [2.05, 4.69) is 5.32 Å². The summed E-state index contributed by atoms with van der Waals surface area (Å²) in [5, 5.41) is 3.46. The summed E-state index contributed by atoms with van der Waals surface area (Å²) in [4.78, 5) is 12.3. The predicted molar refractivity (Wildman–Crippen MR) is 86.0 cm³/mol. The predicted octanol–water partition coefficient (Wildman–Crippen LogP) is 4.44. The van der Waals surface area contributed by atoms with Crippen molar-refractivity contribution in [2.75, 3.05) is 5.32 Å². The number of benzene rings is 2. The van der Waals surface area contributed by atoms with Crippen molar-refractivity contribution in [1.29, 1.82) is 0 Å². The molecule has 0 aromatic heterocycles. The van der Waals surface area contributed by atoms with Crippen LogP contribution in [0.2, 0.25) is 5.02 Å². The molecule has 0 unspecified atom stereocenters. The van der Waals surface area contributed by atoms with Crippen LogP contribution in [0.15, 0.2) is 48.5 Å². The molecule has 0 aliphatic heterocycles. The van der Waals surface area contributed by atoms with E-state index < -0.39 is 6.10 Å². The molecule has 1 atom stereocenters. The molecule has 2 aromatic carbocycles. The lowest BCUT2D eigenvalue weighted by Crippen LogP contribution is -2.32. The first-order chi connectivity index (χ1) is 10.1. The lowest BCUT2D eigenvalue weighted by Gasteiger charge is -2.17. The monoisotopic (exact) mass is 303 g/mol. The maximum absolute atomic E-state index is 12.3. The zero-order chi connectivity index (χ0) is 15.2. The fourth-order valence-corrected chi connectivity index (χ4v) is 2.06. The van der Waals surface area contributed by atoms with Gasteiger partial charge in [0.1, 0.15) is 5.75 Å². The van der Waals surface area contributed by atoms with Crippen LogP contribution in [0, 0.1) is 6.92 Å². The van der Waals surface area contributed by atoms with Gasteiger partial charge in [0.2, 0.25) is 0 Å². The molecule has 4 heteroatoms. The van der Waals surface area contributed by atoms with Gasteiger partial charge in [-0.25, -0.2) is 0 Å². The highest BCUT2D eigenvalue weighted by Crippen LogP contribution is 2.21. The number of amides is 1. The topological polar surface area (TPSA) is 38.3 Å². The van der Waals surface area contributed by atoms with E-state index in [9.17, 15) is 4.79 Å². The molecule has 3 nitrogen and oxygen atoms in total.